The Balaban J connectivity index is 1.45. The van der Waals surface area contributed by atoms with Crippen molar-refractivity contribution in [1.82, 2.24) is 0 Å². The topological polar surface area (TPSA) is 38.7 Å². The maximum Gasteiger partial charge on any atom is 0.160 e. The second-order valence-electron chi connectivity index (χ2n) is 15.3. The van der Waals surface area contributed by atoms with Gasteiger partial charge in [-0.3, -0.25) is 0 Å². The van der Waals surface area contributed by atoms with Gasteiger partial charge in [-0.15, -0.1) is 0 Å². The molecule has 0 amide bonds. The Kier molecular flexibility index (Phi) is 6.66. The Morgan fingerprint density at radius 3 is 2.33 bits per heavy atom. The molecule has 36 heavy (non-hydrogen) atoms. The van der Waals surface area contributed by atoms with Crippen LogP contribution in [0.25, 0.3) is 0 Å². The summed E-state index contributed by atoms with van der Waals surface area (Å²) in [5, 5.41) is 10.9. The summed E-state index contributed by atoms with van der Waals surface area (Å²) >= 11 is 0. The second kappa shape index (κ2) is 8.82. The third kappa shape index (κ3) is 3.60. The van der Waals surface area contributed by atoms with Crippen LogP contribution in [0.5, 0.6) is 0 Å². The van der Waals surface area contributed by atoms with E-state index in [0.29, 0.717) is 34.5 Å². The van der Waals surface area contributed by atoms with E-state index in [1.54, 1.807) is 0 Å². The highest BCUT2D eigenvalue weighted by Crippen LogP contribution is 2.73. The van der Waals surface area contributed by atoms with Gasteiger partial charge in [0.1, 0.15) is 0 Å². The minimum Gasteiger partial charge on any atom is -0.393 e. The van der Waals surface area contributed by atoms with Crippen LogP contribution in [0.2, 0.25) is 0 Å². The van der Waals surface area contributed by atoms with Gasteiger partial charge in [0.15, 0.2) is 6.29 Å². The van der Waals surface area contributed by atoms with Crippen LogP contribution in [0.15, 0.2) is 11.1 Å². The summed E-state index contributed by atoms with van der Waals surface area (Å²) in [5.74, 6) is 2.29. The van der Waals surface area contributed by atoms with E-state index < -0.39 is 0 Å². The van der Waals surface area contributed by atoms with E-state index in [1.807, 2.05) is 11.1 Å². The van der Waals surface area contributed by atoms with Crippen molar-refractivity contribution in [3.05, 3.63) is 11.1 Å². The van der Waals surface area contributed by atoms with Crippen LogP contribution in [-0.2, 0) is 9.47 Å². The average molecular weight is 501 g/mol. The van der Waals surface area contributed by atoms with Gasteiger partial charge in [-0.2, -0.15) is 0 Å². The highest BCUT2D eigenvalue weighted by atomic mass is 16.7. The molecule has 2 saturated carbocycles. The molecule has 0 bridgehead atoms. The van der Waals surface area contributed by atoms with E-state index >= 15 is 0 Å². The normalized spacial score (nSPS) is 51.3. The minimum absolute atomic E-state index is 0.0149. The fourth-order valence-corrected chi connectivity index (χ4v) is 10.7. The monoisotopic (exact) mass is 500 g/mol. The first kappa shape index (κ1) is 27.2. The Hall–Kier alpha value is -0.380. The molecule has 1 N–H and O–H groups in total. The first-order chi connectivity index (χ1) is 16.7. The minimum atomic E-state index is -0.154. The van der Waals surface area contributed by atoms with Crippen molar-refractivity contribution in [2.45, 2.75) is 145 Å². The highest BCUT2D eigenvalue weighted by Gasteiger charge is 2.64. The van der Waals surface area contributed by atoms with E-state index in [2.05, 4.69) is 62.3 Å². The van der Waals surface area contributed by atoms with Gasteiger partial charge >= 0.3 is 0 Å². The van der Waals surface area contributed by atoms with Gasteiger partial charge < -0.3 is 14.6 Å². The smallest absolute Gasteiger partial charge is 0.160 e. The molecule has 3 heteroatoms. The van der Waals surface area contributed by atoms with Crippen LogP contribution in [0.3, 0.4) is 0 Å². The van der Waals surface area contributed by atoms with Crippen molar-refractivity contribution in [1.29, 1.82) is 0 Å². The summed E-state index contributed by atoms with van der Waals surface area (Å²) in [6.07, 6.45) is 12.0. The Morgan fingerprint density at radius 1 is 0.917 bits per heavy atom. The number of ether oxygens (including phenoxy) is 2. The van der Waals surface area contributed by atoms with Gasteiger partial charge in [0.05, 0.1) is 11.7 Å². The van der Waals surface area contributed by atoms with Gasteiger partial charge in [0.2, 0.25) is 0 Å². The summed E-state index contributed by atoms with van der Waals surface area (Å²) in [5.41, 5.74) is 4.46. The molecule has 10 atom stereocenters. The Labute approximate surface area is 222 Å². The predicted octanol–water partition coefficient (Wildman–Crippen LogP) is 8.30. The summed E-state index contributed by atoms with van der Waals surface area (Å²) in [6, 6.07) is 0. The maximum atomic E-state index is 10.9. The molecular formula is C33H56O3. The van der Waals surface area contributed by atoms with Crippen LogP contribution in [0.4, 0.5) is 0 Å². The van der Waals surface area contributed by atoms with Crippen LogP contribution in [0, 0.1) is 45.3 Å². The number of fused-ring (bicyclic) bond motifs is 4. The lowest BCUT2D eigenvalue weighted by molar-refractivity contribution is -0.271. The van der Waals surface area contributed by atoms with E-state index in [9.17, 15) is 5.11 Å². The van der Waals surface area contributed by atoms with Gasteiger partial charge in [0.25, 0.3) is 0 Å². The number of aliphatic hydroxyl groups excluding tert-OH is 1. The summed E-state index contributed by atoms with van der Waals surface area (Å²) in [6.45, 7) is 22.6. The molecule has 5 rings (SSSR count). The fourth-order valence-electron chi connectivity index (χ4n) is 10.7. The first-order valence-electron chi connectivity index (χ1n) is 15.4. The number of aliphatic hydroxyl groups is 1. The fraction of sp³-hybridized carbons (Fsp3) is 0.939. The second-order valence-corrected chi connectivity index (χ2v) is 15.3. The number of rotatable bonds is 4. The van der Waals surface area contributed by atoms with Crippen molar-refractivity contribution in [2.75, 3.05) is 6.61 Å². The summed E-state index contributed by atoms with van der Waals surface area (Å²) in [4.78, 5) is 0. The standard InChI is InChI=1S/C33H56O3/c1-10-35-28-21(2)13-20-33(9,36-28)22(3)23-14-18-32(8)25-11-12-26-29(4,5)27(34)16-17-30(26,6)24(25)15-19-31(23,32)7/h21-23,26-28,34H,10-20H2,1-9H3/t21-,22-,23+,26-,27-,28+,30+,31+,32-,33+/m0/s1. The molecule has 1 heterocycles. The third-order valence-electron chi connectivity index (χ3n) is 13.6. The number of hydrogen-bond acceptors (Lipinski definition) is 3. The lowest BCUT2D eigenvalue weighted by atomic mass is 9.43. The molecular weight excluding hydrogens is 444 g/mol. The zero-order valence-corrected chi connectivity index (χ0v) is 25.0. The zero-order valence-electron chi connectivity index (χ0n) is 25.0. The van der Waals surface area contributed by atoms with Crippen LogP contribution < -0.4 is 0 Å². The molecule has 0 spiro atoms. The number of allylic oxidation sites excluding steroid dienone is 2. The zero-order chi connectivity index (χ0) is 26.3. The van der Waals surface area contributed by atoms with Gasteiger partial charge in [-0.1, -0.05) is 59.6 Å². The van der Waals surface area contributed by atoms with Crippen LogP contribution >= 0.6 is 0 Å². The van der Waals surface area contributed by atoms with Gasteiger partial charge in [-0.05, 0) is 117 Å². The number of hydrogen-bond donors (Lipinski definition) is 1. The van der Waals surface area contributed by atoms with E-state index in [4.69, 9.17) is 9.47 Å². The van der Waals surface area contributed by atoms with Crippen molar-refractivity contribution < 1.29 is 14.6 Å². The van der Waals surface area contributed by atoms with Crippen molar-refractivity contribution in [3.8, 4) is 0 Å². The largest absolute Gasteiger partial charge is 0.393 e. The summed E-state index contributed by atoms with van der Waals surface area (Å²) in [7, 11) is 0. The molecule has 1 saturated heterocycles. The molecule has 3 nitrogen and oxygen atoms in total. The maximum absolute atomic E-state index is 10.9. The van der Waals surface area contributed by atoms with Gasteiger partial charge in [-0.25, -0.2) is 0 Å². The average Bonchev–Trinajstić information content (AvgIpc) is 3.10. The quantitative estimate of drug-likeness (QED) is 0.395. The van der Waals surface area contributed by atoms with Crippen molar-refractivity contribution >= 4 is 0 Å². The predicted molar refractivity (Wildman–Crippen MR) is 148 cm³/mol. The molecule has 1 aliphatic heterocycles. The Bertz CT molecular complexity index is 891. The SMILES string of the molecule is CCO[C@@H]1O[C@@](C)([C@@H](C)[C@H]2CC[C@@]3(C)C4=C(CC[C@]23C)[C@@]2(C)CC[C@H](O)C(C)(C)[C@@H]2CC4)CC[C@@H]1C. The molecule has 5 aliphatic rings. The summed E-state index contributed by atoms with van der Waals surface area (Å²) < 4.78 is 12.9. The Morgan fingerprint density at radius 2 is 1.64 bits per heavy atom. The molecule has 0 aromatic rings. The molecule has 0 aromatic heterocycles. The van der Waals surface area contributed by atoms with E-state index in [-0.39, 0.29) is 28.8 Å². The highest BCUT2D eigenvalue weighted by molar-refractivity contribution is 5.39. The third-order valence-corrected chi connectivity index (χ3v) is 13.6. The van der Waals surface area contributed by atoms with Crippen molar-refractivity contribution in [2.24, 2.45) is 45.3 Å². The molecule has 0 aromatic carbocycles. The van der Waals surface area contributed by atoms with Crippen LogP contribution in [-0.4, -0.2) is 29.7 Å². The lowest BCUT2D eigenvalue weighted by Gasteiger charge is -2.62. The molecule has 4 aliphatic carbocycles. The van der Waals surface area contributed by atoms with Crippen molar-refractivity contribution in [3.63, 3.8) is 0 Å². The van der Waals surface area contributed by atoms with E-state index in [1.165, 1.54) is 44.9 Å². The molecule has 3 fully saturated rings. The van der Waals surface area contributed by atoms with Crippen LogP contribution in [0.1, 0.15) is 127 Å². The molecule has 0 radical (unpaired) electrons. The first-order valence-corrected chi connectivity index (χ1v) is 15.4. The van der Waals surface area contributed by atoms with E-state index in [0.717, 1.165) is 25.9 Å². The van der Waals surface area contributed by atoms with Gasteiger partial charge in [0, 0.05) is 12.5 Å². The molecule has 206 valence electrons. The lowest BCUT2D eigenvalue weighted by Crippen LogP contribution is -2.56. The molecule has 0 unspecified atom stereocenters.